The van der Waals surface area contributed by atoms with Crippen LogP contribution in [0.2, 0.25) is 0 Å². The van der Waals surface area contributed by atoms with Crippen LogP contribution in [-0.2, 0) is 4.79 Å². The van der Waals surface area contributed by atoms with E-state index in [0.717, 1.165) is 45.3 Å². The predicted molar refractivity (Wildman–Crippen MR) is 64.9 cm³/mol. The lowest BCUT2D eigenvalue weighted by atomic mass is 9.85. The number of hydrogen-bond acceptors (Lipinski definition) is 2. The Morgan fingerprint density at radius 2 is 1.88 bits per heavy atom. The van der Waals surface area contributed by atoms with Gasteiger partial charge in [-0.2, -0.15) is 0 Å². The summed E-state index contributed by atoms with van der Waals surface area (Å²) in [6.07, 6.45) is 6.81. The van der Waals surface area contributed by atoms with Crippen molar-refractivity contribution in [2.24, 2.45) is 17.1 Å². The lowest BCUT2D eigenvalue weighted by Crippen LogP contribution is -2.46. The van der Waals surface area contributed by atoms with Crippen molar-refractivity contribution in [2.45, 2.75) is 45.4 Å². The maximum absolute atomic E-state index is 12.4. The maximum Gasteiger partial charge on any atom is 0.228 e. The number of nitrogens with zero attached hydrogens (tertiary/aromatic N) is 1. The summed E-state index contributed by atoms with van der Waals surface area (Å²) in [6.45, 7) is 4.78. The van der Waals surface area contributed by atoms with Gasteiger partial charge in [-0.05, 0) is 38.1 Å². The average molecular weight is 224 g/mol. The van der Waals surface area contributed by atoms with Crippen molar-refractivity contribution in [1.82, 2.24) is 4.90 Å². The van der Waals surface area contributed by atoms with E-state index in [2.05, 4.69) is 11.8 Å². The number of carbonyl (C=O) groups excluding carboxylic acids is 1. The third-order valence-electron chi connectivity index (χ3n) is 4.46. The molecule has 1 aliphatic heterocycles. The largest absolute Gasteiger partial charge is 0.342 e. The summed E-state index contributed by atoms with van der Waals surface area (Å²) < 4.78 is 0. The van der Waals surface area contributed by atoms with Crippen LogP contribution in [0.25, 0.3) is 0 Å². The summed E-state index contributed by atoms with van der Waals surface area (Å²) >= 11 is 0. The molecule has 0 aromatic carbocycles. The minimum atomic E-state index is -0.0461. The number of carbonyl (C=O) groups is 1. The summed E-state index contributed by atoms with van der Waals surface area (Å²) in [6, 6.07) is 0. The van der Waals surface area contributed by atoms with E-state index >= 15 is 0 Å². The zero-order valence-electron chi connectivity index (χ0n) is 10.4. The highest BCUT2D eigenvalue weighted by molar-refractivity contribution is 5.82. The second kappa shape index (κ2) is 4.74. The van der Waals surface area contributed by atoms with Crippen LogP contribution in [0, 0.1) is 11.3 Å². The van der Waals surface area contributed by atoms with Gasteiger partial charge < -0.3 is 10.6 Å². The third-order valence-corrected chi connectivity index (χ3v) is 4.46. The quantitative estimate of drug-likeness (QED) is 0.777. The van der Waals surface area contributed by atoms with Crippen LogP contribution in [0.1, 0.15) is 45.4 Å². The Hall–Kier alpha value is -0.570. The first-order valence-electron chi connectivity index (χ1n) is 6.65. The molecular weight excluding hydrogens is 200 g/mol. The molecule has 1 saturated carbocycles. The molecule has 1 saturated heterocycles. The molecule has 2 aliphatic rings. The highest BCUT2D eigenvalue weighted by Gasteiger charge is 2.39. The summed E-state index contributed by atoms with van der Waals surface area (Å²) in [5, 5.41) is 0. The first-order chi connectivity index (χ1) is 7.65. The van der Waals surface area contributed by atoms with Crippen molar-refractivity contribution in [2.75, 3.05) is 19.6 Å². The maximum atomic E-state index is 12.4. The Morgan fingerprint density at radius 3 is 2.38 bits per heavy atom. The molecule has 0 aromatic rings. The van der Waals surface area contributed by atoms with Crippen molar-refractivity contribution in [3.8, 4) is 0 Å². The smallest absolute Gasteiger partial charge is 0.228 e. The van der Waals surface area contributed by atoms with E-state index in [0.29, 0.717) is 11.8 Å². The molecule has 1 aliphatic carbocycles. The summed E-state index contributed by atoms with van der Waals surface area (Å²) in [4.78, 5) is 14.5. The number of nitrogens with two attached hydrogens (primary N) is 1. The second-order valence-electron chi connectivity index (χ2n) is 5.74. The molecular formula is C13H24N2O. The predicted octanol–water partition coefficient (Wildman–Crippen LogP) is 1.76. The summed E-state index contributed by atoms with van der Waals surface area (Å²) in [5.74, 6) is 1.04. The second-order valence-corrected chi connectivity index (χ2v) is 5.74. The fourth-order valence-corrected chi connectivity index (χ4v) is 3.12. The zero-order chi connectivity index (χ0) is 11.6. The molecule has 0 bridgehead atoms. The van der Waals surface area contributed by atoms with Crippen molar-refractivity contribution in [3.05, 3.63) is 0 Å². The zero-order valence-corrected chi connectivity index (χ0v) is 10.4. The molecule has 92 valence electrons. The Bertz CT molecular complexity index is 251. The van der Waals surface area contributed by atoms with Crippen molar-refractivity contribution < 1.29 is 4.79 Å². The first-order valence-corrected chi connectivity index (χ1v) is 6.65. The van der Waals surface area contributed by atoms with Gasteiger partial charge in [-0.15, -0.1) is 0 Å². The lowest BCUT2D eigenvalue weighted by molar-refractivity contribution is -0.142. The molecule has 2 N–H and O–H groups in total. The molecule has 2 rings (SSSR count). The first kappa shape index (κ1) is 11.9. The van der Waals surface area contributed by atoms with E-state index in [1.165, 1.54) is 12.8 Å². The fourth-order valence-electron chi connectivity index (χ4n) is 3.12. The highest BCUT2D eigenvalue weighted by atomic mass is 16.2. The topological polar surface area (TPSA) is 46.3 Å². The molecule has 1 heterocycles. The van der Waals surface area contributed by atoms with Crippen LogP contribution in [0.3, 0.4) is 0 Å². The summed E-state index contributed by atoms with van der Waals surface area (Å²) in [7, 11) is 0. The molecule has 16 heavy (non-hydrogen) atoms. The van der Waals surface area contributed by atoms with Crippen molar-refractivity contribution in [3.63, 3.8) is 0 Å². The van der Waals surface area contributed by atoms with Gasteiger partial charge in [0.1, 0.15) is 0 Å². The summed E-state index contributed by atoms with van der Waals surface area (Å²) in [5.41, 5.74) is 5.62. The Kier molecular flexibility index (Phi) is 3.53. The Balaban J connectivity index is 1.91. The molecule has 3 heteroatoms. The van der Waals surface area contributed by atoms with Gasteiger partial charge in [0.15, 0.2) is 0 Å². The number of rotatable bonds is 2. The van der Waals surface area contributed by atoms with E-state index in [4.69, 9.17) is 5.73 Å². The lowest BCUT2D eigenvalue weighted by Gasteiger charge is -2.36. The number of amides is 1. The molecule has 1 amide bonds. The van der Waals surface area contributed by atoms with Gasteiger partial charge in [-0.25, -0.2) is 0 Å². The van der Waals surface area contributed by atoms with Gasteiger partial charge >= 0.3 is 0 Å². The third kappa shape index (κ3) is 2.24. The van der Waals surface area contributed by atoms with Gasteiger partial charge in [0.2, 0.25) is 5.91 Å². The number of hydrogen-bond donors (Lipinski definition) is 1. The molecule has 3 nitrogen and oxygen atoms in total. The molecule has 0 aromatic heterocycles. The van der Waals surface area contributed by atoms with Crippen LogP contribution in [0.4, 0.5) is 0 Å². The average Bonchev–Trinajstić information content (AvgIpc) is 2.77. The normalized spacial score (nSPS) is 26.0. The Labute approximate surface area is 98.4 Å². The minimum Gasteiger partial charge on any atom is -0.342 e. The van der Waals surface area contributed by atoms with E-state index in [1.54, 1.807) is 0 Å². The van der Waals surface area contributed by atoms with Gasteiger partial charge in [-0.3, -0.25) is 4.79 Å². The molecule has 2 fully saturated rings. The molecule has 0 radical (unpaired) electrons. The van der Waals surface area contributed by atoms with Crippen LogP contribution < -0.4 is 5.73 Å². The van der Waals surface area contributed by atoms with Gasteiger partial charge in [-0.1, -0.05) is 19.8 Å². The van der Waals surface area contributed by atoms with Crippen LogP contribution in [0.15, 0.2) is 0 Å². The minimum absolute atomic E-state index is 0.0461. The Morgan fingerprint density at radius 1 is 1.31 bits per heavy atom. The molecule has 0 atom stereocenters. The van der Waals surface area contributed by atoms with Gasteiger partial charge in [0.25, 0.3) is 0 Å². The highest BCUT2D eigenvalue weighted by Crippen LogP contribution is 2.39. The van der Waals surface area contributed by atoms with Gasteiger partial charge in [0, 0.05) is 18.5 Å². The van der Waals surface area contributed by atoms with E-state index in [-0.39, 0.29) is 5.41 Å². The van der Waals surface area contributed by atoms with Gasteiger partial charge in [0.05, 0.1) is 0 Å². The standard InChI is InChI=1S/C13H24N2O/c1-13(6-2-3-7-13)12(16)15-8-4-11(10-14)5-9-15/h11H,2-10,14H2,1H3. The number of piperidine rings is 1. The monoisotopic (exact) mass is 224 g/mol. The van der Waals surface area contributed by atoms with Crippen molar-refractivity contribution >= 4 is 5.91 Å². The van der Waals surface area contributed by atoms with E-state index in [1.807, 2.05) is 0 Å². The van der Waals surface area contributed by atoms with Crippen LogP contribution >= 0.6 is 0 Å². The van der Waals surface area contributed by atoms with E-state index < -0.39 is 0 Å². The fraction of sp³-hybridized carbons (Fsp3) is 0.923. The molecule has 0 unspecified atom stereocenters. The van der Waals surface area contributed by atoms with Crippen LogP contribution in [0.5, 0.6) is 0 Å². The van der Waals surface area contributed by atoms with E-state index in [9.17, 15) is 4.79 Å². The van der Waals surface area contributed by atoms with Crippen molar-refractivity contribution in [1.29, 1.82) is 0 Å². The number of likely N-dealkylation sites (tertiary alicyclic amines) is 1. The van der Waals surface area contributed by atoms with Crippen LogP contribution in [-0.4, -0.2) is 30.4 Å². The SMILES string of the molecule is CC1(C(=O)N2CCC(CN)CC2)CCCC1. The molecule has 0 spiro atoms.